The summed E-state index contributed by atoms with van der Waals surface area (Å²) in [5.41, 5.74) is 15.9. The maximum atomic E-state index is 2.51. The molecule has 238 valence electrons. The summed E-state index contributed by atoms with van der Waals surface area (Å²) in [7, 11) is 0. The molecule has 0 radical (unpaired) electrons. The molecule has 8 aromatic rings. The van der Waals surface area contributed by atoms with Crippen molar-refractivity contribution in [1.29, 1.82) is 0 Å². The second-order valence-electron chi connectivity index (χ2n) is 13.7. The summed E-state index contributed by atoms with van der Waals surface area (Å²) in [6.07, 6.45) is 0. The zero-order valence-electron chi connectivity index (χ0n) is 28.3. The topological polar surface area (TPSA) is 3.24 Å². The van der Waals surface area contributed by atoms with Crippen molar-refractivity contribution in [3.63, 3.8) is 0 Å². The highest BCUT2D eigenvalue weighted by atomic mass is 15.1. The molecule has 0 saturated carbocycles. The molecule has 0 bridgehead atoms. The summed E-state index contributed by atoms with van der Waals surface area (Å²) >= 11 is 0. The van der Waals surface area contributed by atoms with E-state index in [1.54, 1.807) is 0 Å². The van der Waals surface area contributed by atoms with E-state index in [1.165, 1.54) is 66.4 Å². The summed E-state index contributed by atoms with van der Waals surface area (Å²) in [5.74, 6) is 0. The number of fused-ring (bicyclic) bond motifs is 4. The number of rotatable bonds is 6. The van der Waals surface area contributed by atoms with Gasteiger partial charge in [0.25, 0.3) is 0 Å². The molecular weight excluding hydrogens is 603 g/mol. The summed E-state index contributed by atoms with van der Waals surface area (Å²) in [6.45, 7) is 4.72. The summed E-state index contributed by atoms with van der Waals surface area (Å²) in [4.78, 5) is 2.51. The first kappa shape index (κ1) is 29.9. The Kier molecular flexibility index (Phi) is 7.21. The summed E-state index contributed by atoms with van der Waals surface area (Å²) in [6, 6.07) is 68.7. The van der Waals surface area contributed by atoms with Crippen LogP contribution in [0.3, 0.4) is 0 Å². The fourth-order valence-corrected chi connectivity index (χ4v) is 7.98. The van der Waals surface area contributed by atoms with E-state index >= 15 is 0 Å². The van der Waals surface area contributed by atoms with Crippen molar-refractivity contribution in [3.05, 3.63) is 199 Å². The van der Waals surface area contributed by atoms with E-state index in [0.717, 1.165) is 17.1 Å². The van der Waals surface area contributed by atoms with Gasteiger partial charge in [0.05, 0.1) is 11.4 Å². The molecule has 0 amide bonds. The minimum absolute atomic E-state index is 0.126. The van der Waals surface area contributed by atoms with Crippen LogP contribution in [0.4, 0.5) is 17.1 Å². The Hall–Kier alpha value is -6.18. The smallest absolute Gasteiger partial charge is 0.0546 e. The molecular formula is C49H37N. The van der Waals surface area contributed by atoms with E-state index in [1.807, 2.05) is 0 Å². The molecule has 8 aromatic carbocycles. The zero-order valence-corrected chi connectivity index (χ0v) is 28.3. The molecule has 50 heavy (non-hydrogen) atoms. The Morgan fingerprint density at radius 2 is 0.980 bits per heavy atom. The van der Waals surface area contributed by atoms with E-state index in [2.05, 4.69) is 207 Å². The third kappa shape index (κ3) is 4.94. The summed E-state index contributed by atoms with van der Waals surface area (Å²) < 4.78 is 0. The first-order valence-electron chi connectivity index (χ1n) is 17.4. The third-order valence-corrected chi connectivity index (χ3v) is 10.5. The van der Waals surface area contributed by atoms with Crippen LogP contribution in [0.5, 0.6) is 0 Å². The molecule has 0 saturated heterocycles. The lowest BCUT2D eigenvalue weighted by molar-refractivity contribution is 0.660. The van der Waals surface area contributed by atoms with Crippen LogP contribution in [0.25, 0.3) is 55.3 Å². The van der Waals surface area contributed by atoms with Crippen LogP contribution in [-0.2, 0) is 5.41 Å². The van der Waals surface area contributed by atoms with Gasteiger partial charge in [0.2, 0.25) is 0 Å². The Morgan fingerprint density at radius 3 is 1.74 bits per heavy atom. The Balaban J connectivity index is 1.36. The van der Waals surface area contributed by atoms with Crippen molar-refractivity contribution >= 4 is 27.8 Å². The van der Waals surface area contributed by atoms with Crippen LogP contribution in [0, 0.1) is 0 Å². The van der Waals surface area contributed by atoms with Gasteiger partial charge in [-0.3, -0.25) is 0 Å². The van der Waals surface area contributed by atoms with Crippen LogP contribution in [0.1, 0.15) is 25.0 Å². The molecule has 1 nitrogen and oxygen atoms in total. The molecule has 1 aliphatic carbocycles. The van der Waals surface area contributed by atoms with Gasteiger partial charge in [0.15, 0.2) is 0 Å². The maximum Gasteiger partial charge on any atom is 0.0546 e. The molecule has 0 unspecified atom stereocenters. The normalized spacial score (nSPS) is 12.8. The average Bonchev–Trinajstić information content (AvgIpc) is 3.41. The predicted molar refractivity (Wildman–Crippen MR) is 213 cm³/mol. The van der Waals surface area contributed by atoms with Crippen LogP contribution < -0.4 is 4.90 Å². The predicted octanol–water partition coefficient (Wildman–Crippen LogP) is 13.6. The number of anilines is 3. The Bertz CT molecular complexity index is 2490. The van der Waals surface area contributed by atoms with Gasteiger partial charge >= 0.3 is 0 Å². The van der Waals surface area contributed by atoms with Crippen molar-refractivity contribution in [3.8, 4) is 44.5 Å². The van der Waals surface area contributed by atoms with Gasteiger partial charge in [-0.05, 0) is 85.6 Å². The first-order valence-corrected chi connectivity index (χ1v) is 17.4. The fraction of sp³-hybridized carbons (Fsp3) is 0.0612. The van der Waals surface area contributed by atoms with Gasteiger partial charge in [-0.1, -0.05) is 172 Å². The molecule has 0 aromatic heterocycles. The van der Waals surface area contributed by atoms with Gasteiger partial charge in [-0.25, -0.2) is 0 Å². The lowest BCUT2D eigenvalue weighted by atomic mass is 9.82. The lowest BCUT2D eigenvalue weighted by Crippen LogP contribution is -2.17. The second kappa shape index (κ2) is 12.1. The van der Waals surface area contributed by atoms with Crippen molar-refractivity contribution in [2.24, 2.45) is 0 Å². The largest absolute Gasteiger partial charge is 0.309 e. The van der Waals surface area contributed by atoms with Gasteiger partial charge in [-0.15, -0.1) is 0 Å². The van der Waals surface area contributed by atoms with Crippen molar-refractivity contribution in [1.82, 2.24) is 0 Å². The molecule has 0 N–H and O–H groups in total. The average molecular weight is 640 g/mol. The minimum Gasteiger partial charge on any atom is -0.309 e. The van der Waals surface area contributed by atoms with Crippen LogP contribution in [-0.4, -0.2) is 0 Å². The quantitative estimate of drug-likeness (QED) is 0.175. The molecule has 1 aliphatic rings. The van der Waals surface area contributed by atoms with Crippen molar-refractivity contribution < 1.29 is 0 Å². The molecule has 0 heterocycles. The van der Waals surface area contributed by atoms with E-state index in [9.17, 15) is 0 Å². The Labute approximate surface area is 294 Å². The standard InChI is InChI=1S/C49H37N/c1-49(2)44-25-15-14-24-41(44)42-29-28-39(33-45(42)49)50(47-31-26-36-20-12-13-23-40(36)48(47)37-21-10-5-11-22-37)46-30-27-38(34-16-6-3-7-17-34)32-43(46)35-18-8-4-9-19-35/h3-33H,1-2H3. The highest BCUT2D eigenvalue weighted by Crippen LogP contribution is 2.53. The number of hydrogen-bond donors (Lipinski definition) is 0. The van der Waals surface area contributed by atoms with Gasteiger partial charge < -0.3 is 4.90 Å². The monoisotopic (exact) mass is 639 g/mol. The third-order valence-electron chi connectivity index (χ3n) is 10.5. The van der Waals surface area contributed by atoms with Crippen LogP contribution in [0.2, 0.25) is 0 Å². The van der Waals surface area contributed by atoms with Gasteiger partial charge in [0.1, 0.15) is 0 Å². The molecule has 0 atom stereocenters. The van der Waals surface area contributed by atoms with Crippen molar-refractivity contribution in [2.75, 3.05) is 4.90 Å². The van der Waals surface area contributed by atoms with E-state index in [0.29, 0.717) is 0 Å². The number of nitrogens with zero attached hydrogens (tertiary/aromatic N) is 1. The summed E-state index contributed by atoms with van der Waals surface area (Å²) in [5, 5.41) is 2.46. The molecule has 0 fully saturated rings. The first-order chi connectivity index (χ1) is 24.6. The molecule has 1 heteroatoms. The minimum atomic E-state index is -0.126. The van der Waals surface area contributed by atoms with E-state index in [-0.39, 0.29) is 5.41 Å². The number of benzene rings is 8. The lowest BCUT2D eigenvalue weighted by Gasteiger charge is -2.32. The highest BCUT2D eigenvalue weighted by Gasteiger charge is 2.36. The molecule has 0 spiro atoms. The van der Waals surface area contributed by atoms with Crippen LogP contribution in [0.15, 0.2) is 188 Å². The van der Waals surface area contributed by atoms with E-state index in [4.69, 9.17) is 0 Å². The second-order valence-corrected chi connectivity index (χ2v) is 13.7. The zero-order chi connectivity index (χ0) is 33.7. The number of hydrogen-bond acceptors (Lipinski definition) is 1. The van der Waals surface area contributed by atoms with Crippen LogP contribution >= 0.6 is 0 Å². The van der Waals surface area contributed by atoms with Gasteiger partial charge in [-0.2, -0.15) is 0 Å². The maximum absolute atomic E-state index is 2.51. The Morgan fingerprint density at radius 1 is 0.380 bits per heavy atom. The molecule has 0 aliphatic heterocycles. The van der Waals surface area contributed by atoms with Gasteiger partial charge in [0, 0.05) is 22.2 Å². The fourth-order valence-electron chi connectivity index (χ4n) is 7.98. The van der Waals surface area contributed by atoms with E-state index < -0.39 is 0 Å². The van der Waals surface area contributed by atoms with Crippen molar-refractivity contribution in [2.45, 2.75) is 19.3 Å². The highest BCUT2D eigenvalue weighted by molar-refractivity contribution is 6.06. The SMILES string of the molecule is CC1(C)c2ccccc2-c2ccc(N(c3ccc(-c4ccccc4)cc3-c3ccccc3)c3ccc4ccccc4c3-c3ccccc3)cc21. The molecule has 9 rings (SSSR count).